The number of amides is 1. The maximum atomic E-state index is 12.7. The van der Waals surface area contributed by atoms with Crippen LogP contribution in [-0.2, 0) is 15.9 Å². The lowest BCUT2D eigenvalue weighted by Gasteiger charge is -2.38. The van der Waals surface area contributed by atoms with Crippen LogP contribution in [-0.4, -0.2) is 55.7 Å². The molecule has 0 aliphatic carbocycles. The predicted molar refractivity (Wildman–Crippen MR) is 82.5 cm³/mol. The van der Waals surface area contributed by atoms with Gasteiger partial charge in [0.05, 0.1) is 19.2 Å². The fourth-order valence-corrected chi connectivity index (χ4v) is 3.34. The van der Waals surface area contributed by atoms with Crippen LogP contribution in [0.2, 0.25) is 0 Å². The van der Waals surface area contributed by atoms with Crippen LogP contribution in [0.25, 0.3) is 0 Å². The number of hydrogen-bond donors (Lipinski definition) is 0. The third-order valence-electron chi connectivity index (χ3n) is 4.48. The van der Waals surface area contributed by atoms with E-state index in [9.17, 15) is 18.0 Å². The maximum Gasteiger partial charge on any atom is 0.410 e. The number of rotatable bonds is 5. The summed E-state index contributed by atoms with van der Waals surface area (Å²) in [7, 11) is 1.50. The summed E-state index contributed by atoms with van der Waals surface area (Å²) in [5.74, 6) is 0.576. The Labute approximate surface area is 143 Å². The lowest BCUT2D eigenvalue weighted by molar-refractivity contribution is -0.141. The minimum atomic E-state index is -4.27. The summed E-state index contributed by atoms with van der Waals surface area (Å²) in [5, 5.41) is 0. The van der Waals surface area contributed by atoms with Gasteiger partial charge in [0.15, 0.2) is 0 Å². The van der Waals surface area contributed by atoms with Crippen LogP contribution < -0.4 is 4.74 Å². The van der Waals surface area contributed by atoms with Gasteiger partial charge in [-0.2, -0.15) is 13.2 Å². The first-order valence-electron chi connectivity index (χ1n) is 8.15. The molecule has 2 aliphatic heterocycles. The minimum absolute atomic E-state index is 0.207. The van der Waals surface area contributed by atoms with E-state index in [0.717, 1.165) is 5.56 Å². The van der Waals surface area contributed by atoms with Gasteiger partial charge in [0.1, 0.15) is 18.0 Å². The largest absolute Gasteiger partial charge is 0.488 e. The van der Waals surface area contributed by atoms with Gasteiger partial charge in [0.2, 0.25) is 0 Å². The van der Waals surface area contributed by atoms with Crippen molar-refractivity contribution in [2.24, 2.45) is 0 Å². The summed E-state index contributed by atoms with van der Waals surface area (Å²) in [6.07, 6.45) is -6.68. The molecular weight excluding hydrogens is 339 g/mol. The predicted octanol–water partition coefficient (Wildman–Crippen LogP) is 3.17. The van der Waals surface area contributed by atoms with Gasteiger partial charge in [-0.1, -0.05) is 18.2 Å². The van der Waals surface area contributed by atoms with Crippen LogP contribution in [0.5, 0.6) is 5.75 Å². The molecule has 1 saturated heterocycles. The average Bonchev–Trinajstić information content (AvgIpc) is 2.92. The van der Waals surface area contributed by atoms with E-state index in [2.05, 4.69) is 0 Å². The average molecular weight is 359 g/mol. The molecule has 1 amide bonds. The molecule has 0 aromatic heterocycles. The van der Waals surface area contributed by atoms with Crippen molar-refractivity contribution in [1.82, 2.24) is 4.90 Å². The number of para-hydroxylation sites is 1. The van der Waals surface area contributed by atoms with Crippen LogP contribution in [0.15, 0.2) is 24.3 Å². The zero-order valence-electron chi connectivity index (χ0n) is 13.8. The second-order valence-corrected chi connectivity index (χ2v) is 6.30. The van der Waals surface area contributed by atoms with Crippen molar-refractivity contribution in [3.05, 3.63) is 29.8 Å². The highest BCUT2D eigenvalue weighted by atomic mass is 19.4. The molecule has 3 atom stereocenters. The Morgan fingerprint density at radius 2 is 2.04 bits per heavy atom. The number of hydrogen-bond acceptors (Lipinski definition) is 4. The quantitative estimate of drug-likeness (QED) is 0.810. The van der Waals surface area contributed by atoms with E-state index in [4.69, 9.17) is 14.2 Å². The number of carbonyl (C=O) groups is 1. The van der Waals surface area contributed by atoms with Gasteiger partial charge in [0, 0.05) is 20.0 Å². The second-order valence-electron chi connectivity index (χ2n) is 6.30. The zero-order chi connectivity index (χ0) is 18.0. The number of fused-ring (bicyclic) bond motifs is 1. The molecule has 0 bridgehead atoms. The van der Waals surface area contributed by atoms with Crippen LogP contribution >= 0.6 is 0 Å². The summed E-state index contributed by atoms with van der Waals surface area (Å²) in [5.41, 5.74) is 0.874. The monoisotopic (exact) mass is 359 g/mol. The topological polar surface area (TPSA) is 48.0 Å². The van der Waals surface area contributed by atoms with E-state index >= 15 is 0 Å². The molecule has 2 heterocycles. The van der Waals surface area contributed by atoms with Gasteiger partial charge >= 0.3 is 12.3 Å². The van der Waals surface area contributed by atoms with Gasteiger partial charge in [-0.25, -0.2) is 4.79 Å². The molecule has 0 spiro atoms. The second kappa shape index (κ2) is 7.11. The molecule has 1 aromatic carbocycles. The first-order chi connectivity index (χ1) is 11.9. The normalized spacial score (nSPS) is 26.2. The fraction of sp³-hybridized carbons (Fsp3) is 0.588. The standard InChI is InChI=1S/C17H20F3NO4/c1-23-10-12-9-21(16(22)24-12)13-8-11-4-2-3-5-14(11)25-15(13)6-7-17(18,19)20/h2-5,12-13,15H,6-10H2,1H3/t12-,13?,15?/m1/s1. The molecule has 2 aliphatic rings. The Morgan fingerprint density at radius 1 is 1.28 bits per heavy atom. The van der Waals surface area contributed by atoms with Gasteiger partial charge in [0.25, 0.3) is 0 Å². The van der Waals surface area contributed by atoms with Crippen LogP contribution in [0.3, 0.4) is 0 Å². The minimum Gasteiger partial charge on any atom is -0.488 e. The van der Waals surface area contributed by atoms with Crippen molar-refractivity contribution < 1.29 is 32.2 Å². The van der Waals surface area contributed by atoms with Crippen molar-refractivity contribution >= 4 is 6.09 Å². The number of benzene rings is 1. The van der Waals surface area contributed by atoms with Crippen molar-refractivity contribution in [2.45, 2.75) is 43.7 Å². The first kappa shape index (κ1) is 17.8. The molecule has 25 heavy (non-hydrogen) atoms. The number of methoxy groups -OCH3 is 1. The third-order valence-corrected chi connectivity index (χ3v) is 4.48. The van der Waals surface area contributed by atoms with E-state index in [1.165, 1.54) is 12.0 Å². The smallest absolute Gasteiger partial charge is 0.410 e. The van der Waals surface area contributed by atoms with Crippen LogP contribution in [0.1, 0.15) is 18.4 Å². The molecule has 0 saturated carbocycles. The summed E-state index contributed by atoms with van der Waals surface area (Å²) in [4.78, 5) is 13.7. The summed E-state index contributed by atoms with van der Waals surface area (Å²) >= 11 is 0. The van der Waals surface area contributed by atoms with Crippen molar-refractivity contribution in [1.29, 1.82) is 0 Å². The Morgan fingerprint density at radius 3 is 2.76 bits per heavy atom. The molecule has 138 valence electrons. The van der Waals surface area contributed by atoms with Crippen molar-refractivity contribution in [3.8, 4) is 5.75 Å². The van der Waals surface area contributed by atoms with Gasteiger partial charge in [-0.15, -0.1) is 0 Å². The summed E-state index contributed by atoms with van der Waals surface area (Å²) < 4.78 is 54.1. The Hall–Kier alpha value is -1.96. The zero-order valence-corrected chi connectivity index (χ0v) is 13.8. The number of carbonyl (C=O) groups excluding carboxylic acids is 1. The van der Waals surface area contributed by atoms with Gasteiger partial charge in [-0.3, -0.25) is 4.90 Å². The highest BCUT2D eigenvalue weighted by Crippen LogP contribution is 2.35. The molecule has 5 nitrogen and oxygen atoms in total. The maximum absolute atomic E-state index is 12.7. The molecular formula is C17H20F3NO4. The van der Waals surface area contributed by atoms with E-state index in [0.29, 0.717) is 12.2 Å². The Bertz CT molecular complexity index is 622. The molecule has 8 heteroatoms. The van der Waals surface area contributed by atoms with E-state index in [-0.39, 0.29) is 19.6 Å². The van der Waals surface area contributed by atoms with Crippen molar-refractivity contribution in [3.63, 3.8) is 0 Å². The first-order valence-corrected chi connectivity index (χ1v) is 8.15. The van der Waals surface area contributed by atoms with E-state index in [1.54, 1.807) is 12.1 Å². The molecule has 0 N–H and O–H groups in total. The lowest BCUT2D eigenvalue weighted by atomic mass is 9.93. The Balaban J connectivity index is 1.79. The lowest BCUT2D eigenvalue weighted by Crippen LogP contribution is -2.50. The number of ether oxygens (including phenoxy) is 3. The number of cyclic esters (lactones) is 1. The van der Waals surface area contributed by atoms with Crippen LogP contribution in [0.4, 0.5) is 18.0 Å². The molecule has 1 fully saturated rings. The van der Waals surface area contributed by atoms with Crippen molar-refractivity contribution in [2.75, 3.05) is 20.3 Å². The van der Waals surface area contributed by atoms with E-state index < -0.39 is 36.9 Å². The number of nitrogens with zero attached hydrogens (tertiary/aromatic N) is 1. The summed E-state index contributed by atoms with van der Waals surface area (Å²) in [6.45, 7) is 0.533. The summed E-state index contributed by atoms with van der Waals surface area (Å²) in [6, 6.07) is 6.72. The van der Waals surface area contributed by atoms with Gasteiger partial charge in [-0.05, 0) is 18.1 Å². The molecule has 3 rings (SSSR count). The highest BCUT2D eigenvalue weighted by molar-refractivity contribution is 5.70. The molecule has 1 aromatic rings. The Kier molecular flexibility index (Phi) is 5.08. The highest BCUT2D eigenvalue weighted by Gasteiger charge is 2.43. The SMILES string of the molecule is COC[C@H]1CN(C2Cc3ccccc3OC2CCC(F)(F)F)C(=O)O1. The third kappa shape index (κ3) is 4.18. The molecule has 0 radical (unpaired) electrons. The van der Waals surface area contributed by atoms with Gasteiger partial charge < -0.3 is 14.2 Å². The molecule has 2 unspecified atom stereocenters. The number of alkyl halides is 3. The van der Waals surface area contributed by atoms with Crippen LogP contribution in [0, 0.1) is 0 Å². The van der Waals surface area contributed by atoms with E-state index in [1.807, 2.05) is 12.1 Å². The number of halogens is 3. The fourth-order valence-electron chi connectivity index (χ4n) is 3.34.